The number of imidazole rings is 1. The molecule has 0 radical (unpaired) electrons. The Labute approximate surface area is 200 Å². The maximum Gasteiger partial charge on any atom is 0.332 e. The smallest absolute Gasteiger partial charge is 0.332 e. The van der Waals surface area contributed by atoms with Crippen molar-refractivity contribution in [1.82, 2.24) is 23.7 Å². The molecule has 0 atom stereocenters. The van der Waals surface area contributed by atoms with E-state index in [-0.39, 0.29) is 43.3 Å². The van der Waals surface area contributed by atoms with Gasteiger partial charge in [0.2, 0.25) is 0 Å². The molecule has 1 aromatic carbocycles. The SMILES string of the molecule is CC(C)c1ccc(Oc2nc3c(c(=O)n(CCCO)c(=O)n3C)n2Cc2ccc(Cl)cn2)cc1. The molecule has 0 aliphatic rings. The molecular formula is C24H26ClN5O4. The van der Waals surface area contributed by atoms with Gasteiger partial charge in [0.15, 0.2) is 11.2 Å². The summed E-state index contributed by atoms with van der Waals surface area (Å²) in [4.78, 5) is 35.0. The van der Waals surface area contributed by atoms with Crippen LogP contribution in [0, 0.1) is 0 Å². The Morgan fingerprint density at radius 1 is 1.09 bits per heavy atom. The molecule has 178 valence electrons. The lowest BCUT2D eigenvalue weighted by atomic mass is 10.0. The summed E-state index contributed by atoms with van der Waals surface area (Å²) in [5.74, 6) is 0.928. The molecule has 0 amide bonds. The average molecular weight is 484 g/mol. The summed E-state index contributed by atoms with van der Waals surface area (Å²) < 4.78 is 10.1. The van der Waals surface area contributed by atoms with Crippen molar-refractivity contribution >= 4 is 22.8 Å². The Bertz CT molecular complexity index is 1420. The van der Waals surface area contributed by atoms with E-state index < -0.39 is 11.2 Å². The molecule has 0 spiro atoms. The Kier molecular flexibility index (Phi) is 6.85. The van der Waals surface area contributed by atoms with Gasteiger partial charge in [0.1, 0.15) is 5.75 Å². The van der Waals surface area contributed by atoms with Gasteiger partial charge in [-0.2, -0.15) is 4.98 Å². The molecule has 0 saturated heterocycles. The maximum atomic E-state index is 13.4. The van der Waals surface area contributed by atoms with Crippen LogP contribution in [0.1, 0.15) is 37.4 Å². The normalized spacial score (nSPS) is 11.5. The number of rotatable bonds is 8. The van der Waals surface area contributed by atoms with E-state index in [0.29, 0.717) is 22.4 Å². The van der Waals surface area contributed by atoms with Crippen LogP contribution in [0.2, 0.25) is 5.02 Å². The van der Waals surface area contributed by atoms with Crippen molar-refractivity contribution in [2.24, 2.45) is 7.05 Å². The fraction of sp³-hybridized carbons (Fsp3) is 0.333. The molecule has 10 heteroatoms. The number of aryl methyl sites for hydroxylation is 1. The van der Waals surface area contributed by atoms with Gasteiger partial charge >= 0.3 is 11.7 Å². The van der Waals surface area contributed by atoms with Crippen molar-refractivity contribution in [2.45, 2.75) is 39.3 Å². The van der Waals surface area contributed by atoms with Crippen LogP contribution in [0.4, 0.5) is 0 Å². The number of ether oxygens (including phenoxy) is 1. The minimum atomic E-state index is -0.506. The number of aliphatic hydroxyl groups excluding tert-OH is 1. The number of aliphatic hydroxyl groups is 1. The lowest BCUT2D eigenvalue weighted by Crippen LogP contribution is -2.39. The summed E-state index contributed by atoms with van der Waals surface area (Å²) in [7, 11) is 1.55. The molecule has 4 aromatic rings. The molecule has 34 heavy (non-hydrogen) atoms. The number of benzene rings is 1. The van der Waals surface area contributed by atoms with E-state index in [0.717, 1.165) is 4.57 Å². The average Bonchev–Trinajstić information content (AvgIpc) is 3.17. The van der Waals surface area contributed by atoms with Crippen LogP contribution in [0.15, 0.2) is 52.2 Å². The molecule has 0 aliphatic heterocycles. The largest absolute Gasteiger partial charge is 0.425 e. The second kappa shape index (κ2) is 9.82. The lowest BCUT2D eigenvalue weighted by molar-refractivity contribution is 0.277. The van der Waals surface area contributed by atoms with E-state index in [4.69, 9.17) is 16.3 Å². The zero-order valence-corrected chi connectivity index (χ0v) is 20.0. The van der Waals surface area contributed by atoms with Gasteiger partial charge in [-0.05, 0) is 42.2 Å². The lowest BCUT2D eigenvalue weighted by Gasteiger charge is -2.11. The Balaban J connectivity index is 1.88. The molecule has 0 bridgehead atoms. The summed E-state index contributed by atoms with van der Waals surface area (Å²) in [6.07, 6.45) is 1.80. The molecule has 1 N–H and O–H groups in total. The highest BCUT2D eigenvalue weighted by atomic mass is 35.5. The van der Waals surface area contributed by atoms with Crippen LogP contribution in [0.3, 0.4) is 0 Å². The second-order valence-electron chi connectivity index (χ2n) is 8.32. The van der Waals surface area contributed by atoms with Crippen LogP contribution in [0.5, 0.6) is 11.8 Å². The van der Waals surface area contributed by atoms with Crippen molar-refractivity contribution in [1.29, 1.82) is 0 Å². The van der Waals surface area contributed by atoms with Crippen LogP contribution in [-0.4, -0.2) is 35.4 Å². The second-order valence-corrected chi connectivity index (χ2v) is 8.76. The third kappa shape index (κ3) is 4.62. The van der Waals surface area contributed by atoms with Gasteiger partial charge in [0.05, 0.1) is 17.3 Å². The molecular weight excluding hydrogens is 458 g/mol. The Morgan fingerprint density at radius 3 is 2.44 bits per heavy atom. The van der Waals surface area contributed by atoms with E-state index in [1.54, 1.807) is 23.7 Å². The fourth-order valence-electron chi connectivity index (χ4n) is 3.69. The van der Waals surface area contributed by atoms with Gasteiger partial charge in [0.25, 0.3) is 5.56 Å². The van der Waals surface area contributed by atoms with Crippen LogP contribution in [-0.2, 0) is 20.1 Å². The van der Waals surface area contributed by atoms with Gasteiger partial charge in [-0.3, -0.25) is 23.5 Å². The summed E-state index contributed by atoms with van der Waals surface area (Å²) in [6.45, 7) is 4.35. The topological polar surface area (TPSA) is 104 Å². The van der Waals surface area contributed by atoms with Crippen LogP contribution >= 0.6 is 11.6 Å². The van der Waals surface area contributed by atoms with Gasteiger partial charge in [0, 0.05) is 26.4 Å². The van der Waals surface area contributed by atoms with E-state index in [9.17, 15) is 14.7 Å². The highest BCUT2D eigenvalue weighted by molar-refractivity contribution is 6.30. The predicted molar refractivity (Wildman–Crippen MR) is 130 cm³/mol. The standard InChI is InChI=1S/C24H26ClN5O4/c1-15(2)16-5-9-19(10-6-16)34-23-27-21-20(30(23)14-18-8-7-17(25)13-26-18)22(32)29(11-4-12-31)24(33)28(21)3/h5-10,13,15,31H,4,11-12,14H2,1-3H3. The van der Waals surface area contributed by atoms with Gasteiger partial charge < -0.3 is 9.84 Å². The predicted octanol–water partition coefficient (Wildman–Crippen LogP) is 3.29. The first-order valence-electron chi connectivity index (χ1n) is 11.0. The van der Waals surface area contributed by atoms with Gasteiger partial charge in [-0.1, -0.05) is 37.6 Å². The fourth-order valence-corrected chi connectivity index (χ4v) is 3.80. The van der Waals surface area contributed by atoms with Crippen LogP contribution < -0.4 is 16.0 Å². The number of halogens is 1. The van der Waals surface area contributed by atoms with Crippen LogP contribution in [0.25, 0.3) is 11.2 Å². The highest BCUT2D eigenvalue weighted by Gasteiger charge is 2.22. The number of pyridine rings is 1. The zero-order chi connectivity index (χ0) is 24.4. The maximum absolute atomic E-state index is 13.4. The summed E-state index contributed by atoms with van der Waals surface area (Å²) in [6, 6.07) is 11.3. The van der Waals surface area contributed by atoms with E-state index in [1.807, 2.05) is 24.3 Å². The number of aromatic nitrogens is 5. The summed E-state index contributed by atoms with van der Waals surface area (Å²) in [5.41, 5.74) is 1.22. The van der Waals surface area contributed by atoms with Crippen molar-refractivity contribution in [3.63, 3.8) is 0 Å². The summed E-state index contributed by atoms with van der Waals surface area (Å²) >= 11 is 5.98. The highest BCUT2D eigenvalue weighted by Crippen LogP contribution is 2.26. The molecule has 0 fully saturated rings. The third-order valence-corrected chi connectivity index (χ3v) is 5.83. The number of hydrogen-bond donors (Lipinski definition) is 1. The van der Waals surface area contributed by atoms with Crippen molar-refractivity contribution in [3.8, 4) is 11.8 Å². The minimum absolute atomic E-state index is 0.0924. The summed E-state index contributed by atoms with van der Waals surface area (Å²) in [5, 5.41) is 9.70. The van der Waals surface area contributed by atoms with E-state index >= 15 is 0 Å². The first-order valence-corrected chi connectivity index (χ1v) is 11.4. The first-order chi connectivity index (χ1) is 16.3. The van der Waals surface area contributed by atoms with Crippen molar-refractivity contribution < 1.29 is 9.84 Å². The molecule has 9 nitrogen and oxygen atoms in total. The third-order valence-electron chi connectivity index (χ3n) is 5.60. The molecule has 0 saturated carbocycles. The quantitative estimate of drug-likeness (QED) is 0.412. The number of fused-ring (bicyclic) bond motifs is 1. The molecule has 3 aromatic heterocycles. The zero-order valence-electron chi connectivity index (χ0n) is 19.2. The Hall–Kier alpha value is -3.43. The molecule has 3 heterocycles. The first kappa shape index (κ1) is 23.7. The number of nitrogens with zero attached hydrogens (tertiary/aromatic N) is 5. The number of hydrogen-bond acceptors (Lipinski definition) is 6. The molecule has 4 rings (SSSR count). The Morgan fingerprint density at radius 2 is 1.82 bits per heavy atom. The molecule has 0 aliphatic carbocycles. The van der Waals surface area contributed by atoms with Gasteiger partial charge in [-0.25, -0.2) is 4.79 Å². The minimum Gasteiger partial charge on any atom is -0.425 e. The van der Waals surface area contributed by atoms with Gasteiger partial charge in [-0.15, -0.1) is 0 Å². The molecule has 0 unspecified atom stereocenters. The van der Waals surface area contributed by atoms with Crippen molar-refractivity contribution in [2.75, 3.05) is 6.61 Å². The van der Waals surface area contributed by atoms with Crippen molar-refractivity contribution in [3.05, 3.63) is 79.7 Å². The van der Waals surface area contributed by atoms with E-state index in [2.05, 4.69) is 23.8 Å². The van der Waals surface area contributed by atoms with E-state index in [1.165, 1.54) is 16.3 Å². The monoisotopic (exact) mass is 483 g/mol.